The lowest BCUT2D eigenvalue weighted by Crippen LogP contribution is -2.43. The van der Waals surface area contributed by atoms with Crippen LogP contribution >= 0.6 is 0 Å². The number of likely N-dealkylation sites (tertiary alicyclic amines) is 1. The molecule has 1 aliphatic heterocycles. The molecule has 2 unspecified atom stereocenters. The van der Waals surface area contributed by atoms with Gasteiger partial charge in [0.05, 0.1) is 0 Å². The summed E-state index contributed by atoms with van der Waals surface area (Å²) in [6.45, 7) is 3.68. The molecule has 1 saturated heterocycles. The first-order valence-corrected chi connectivity index (χ1v) is 8.76. The van der Waals surface area contributed by atoms with E-state index in [0.717, 1.165) is 17.8 Å². The normalized spacial score (nSPS) is 35.9. The number of nitrogens with one attached hydrogen (secondary N) is 1. The van der Waals surface area contributed by atoms with Gasteiger partial charge in [0.25, 0.3) is 0 Å². The van der Waals surface area contributed by atoms with Crippen LogP contribution in [0.1, 0.15) is 51.4 Å². The van der Waals surface area contributed by atoms with Gasteiger partial charge in [0.15, 0.2) is 5.96 Å². The zero-order valence-electron chi connectivity index (χ0n) is 12.9. The molecule has 3 nitrogen and oxygen atoms in total. The van der Waals surface area contributed by atoms with Crippen LogP contribution < -0.4 is 5.32 Å². The second-order valence-electron chi connectivity index (χ2n) is 7.75. The van der Waals surface area contributed by atoms with Gasteiger partial charge < -0.3 is 10.2 Å². The van der Waals surface area contributed by atoms with Gasteiger partial charge in [0.2, 0.25) is 0 Å². The molecule has 3 heteroatoms. The van der Waals surface area contributed by atoms with Crippen molar-refractivity contribution in [3.8, 4) is 0 Å². The number of guanidine groups is 1. The molecule has 0 aromatic heterocycles. The number of fused-ring (bicyclic) bond motifs is 1. The van der Waals surface area contributed by atoms with E-state index >= 15 is 0 Å². The smallest absolute Gasteiger partial charge is 0.193 e. The summed E-state index contributed by atoms with van der Waals surface area (Å²) < 4.78 is 0. The average Bonchev–Trinajstić information content (AvgIpc) is 3.36. The van der Waals surface area contributed by atoms with Gasteiger partial charge in [-0.15, -0.1) is 0 Å². The second kappa shape index (κ2) is 4.92. The van der Waals surface area contributed by atoms with Gasteiger partial charge in [0.1, 0.15) is 0 Å². The standard InChI is InChI=1S/C17H29N3/c1-18-16(19-12-17(8-9-17)15-6-7-15)20-10-13-4-2-3-5-14(13)11-20/h13-15H,2-12H2,1H3,(H,18,19). The molecule has 0 aromatic rings. The highest BCUT2D eigenvalue weighted by Crippen LogP contribution is 2.60. The van der Waals surface area contributed by atoms with Crippen LogP contribution in [0.15, 0.2) is 4.99 Å². The minimum Gasteiger partial charge on any atom is -0.356 e. The SMILES string of the molecule is CN=C(NCC1(C2CC2)CC1)N1CC2CCCCC2C1. The Balaban J connectivity index is 1.34. The molecule has 0 aromatic carbocycles. The van der Waals surface area contributed by atoms with Crippen molar-refractivity contribution >= 4 is 5.96 Å². The van der Waals surface area contributed by atoms with Gasteiger partial charge in [-0.05, 0) is 61.7 Å². The molecule has 0 spiro atoms. The summed E-state index contributed by atoms with van der Waals surface area (Å²) in [5.74, 6) is 4.11. The lowest BCUT2D eigenvalue weighted by atomic mass is 9.82. The summed E-state index contributed by atoms with van der Waals surface area (Å²) in [5.41, 5.74) is 0.669. The quantitative estimate of drug-likeness (QED) is 0.633. The van der Waals surface area contributed by atoms with E-state index in [0.29, 0.717) is 5.41 Å². The zero-order chi connectivity index (χ0) is 13.6. The molecule has 2 atom stereocenters. The molecular weight excluding hydrogens is 246 g/mol. The lowest BCUT2D eigenvalue weighted by Gasteiger charge is -2.24. The Morgan fingerprint density at radius 3 is 2.25 bits per heavy atom. The van der Waals surface area contributed by atoms with Crippen molar-refractivity contribution in [1.82, 2.24) is 10.2 Å². The molecule has 20 heavy (non-hydrogen) atoms. The van der Waals surface area contributed by atoms with Crippen molar-refractivity contribution in [2.45, 2.75) is 51.4 Å². The van der Waals surface area contributed by atoms with E-state index in [1.807, 2.05) is 7.05 Å². The van der Waals surface area contributed by atoms with E-state index in [1.54, 1.807) is 0 Å². The third kappa shape index (κ3) is 2.33. The molecule has 0 amide bonds. The van der Waals surface area contributed by atoms with Crippen molar-refractivity contribution in [2.75, 3.05) is 26.7 Å². The second-order valence-corrected chi connectivity index (χ2v) is 7.75. The Kier molecular flexibility index (Phi) is 3.19. The molecule has 0 radical (unpaired) electrons. The Labute approximate surface area is 123 Å². The maximum absolute atomic E-state index is 4.57. The van der Waals surface area contributed by atoms with Crippen LogP contribution in [-0.4, -0.2) is 37.5 Å². The molecule has 4 aliphatic rings. The van der Waals surface area contributed by atoms with Crippen LogP contribution in [0.5, 0.6) is 0 Å². The van der Waals surface area contributed by atoms with Gasteiger partial charge in [-0.25, -0.2) is 0 Å². The van der Waals surface area contributed by atoms with Crippen LogP contribution in [0.25, 0.3) is 0 Å². The number of hydrogen-bond donors (Lipinski definition) is 1. The van der Waals surface area contributed by atoms with Crippen LogP contribution in [0.4, 0.5) is 0 Å². The molecule has 4 rings (SSSR count). The van der Waals surface area contributed by atoms with Crippen LogP contribution in [0.2, 0.25) is 0 Å². The van der Waals surface area contributed by atoms with Crippen LogP contribution in [0.3, 0.4) is 0 Å². The van der Waals surface area contributed by atoms with E-state index in [9.17, 15) is 0 Å². The Morgan fingerprint density at radius 1 is 1.10 bits per heavy atom. The highest BCUT2D eigenvalue weighted by Gasteiger charge is 2.53. The first kappa shape index (κ1) is 13.0. The minimum absolute atomic E-state index is 0.669. The van der Waals surface area contributed by atoms with Crippen molar-refractivity contribution in [3.05, 3.63) is 0 Å². The van der Waals surface area contributed by atoms with E-state index in [1.165, 1.54) is 77.0 Å². The maximum Gasteiger partial charge on any atom is 0.193 e. The predicted molar refractivity (Wildman–Crippen MR) is 82.8 cm³/mol. The first-order chi connectivity index (χ1) is 9.81. The summed E-state index contributed by atoms with van der Waals surface area (Å²) in [4.78, 5) is 7.12. The molecule has 1 N–H and O–H groups in total. The highest BCUT2D eigenvalue weighted by atomic mass is 15.3. The summed E-state index contributed by atoms with van der Waals surface area (Å²) in [6.07, 6.45) is 11.7. The zero-order valence-corrected chi connectivity index (χ0v) is 12.9. The first-order valence-electron chi connectivity index (χ1n) is 8.76. The monoisotopic (exact) mass is 275 g/mol. The fourth-order valence-electron chi connectivity index (χ4n) is 4.75. The minimum atomic E-state index is 0.669. The Morgan fingerprint density at radius 2 is 1.75 bits per heavy atom. The highest BCUT2D eigenvalue weighted by molar-refractivity contribution is 5.80. The molecule has 0 bridgehead atoms. The van der Waals surface area contributed by atoms with Gasteiger partial charge in [-0.2, -0.15) is 0 Å². The topological polar surface area (TPSA) is 27.6 Å². The summed E-state index contributed by atoms with van der Waals surface area (Å²) in [7, 11) is 1.96. The molecule has 4 fully saturated rings. The Bertz CT molecular complexity index is 381. The fraction of sp³-hybridized carbons (Fsp3) is 0.941. The third-order valence-corrected chi connectivity index (χ3v) is 6.42. The third-order valence-electron chi connectivity index (χ3n) is 6.42. The molecular formula is C17H29N3. The number of rotatable bonds is 3. The van der Waals surface area contributed by atoms with Gasteiger partial charge >= 0.3 is 0 Å². The predicted octanol–water partition coefficient (Wildman–Crippen LogP) is 2.87. The van der Waals surface area contributed by atoms with Gasteiger partial charge in [0, 0.05) is 26.7 Å². The van der Waals surface area contributed by atoms with Crippen molar-refractivity contribution in [3.63, 3.8) is 0 Å². The van der Waals surface area contributed by atoms with E-state index < -0.39 is 0 Å². The number of hydrogen-bond acceptors (Lipinski definition) is 1. The van der Waals surface area contributed by atoms with E-state index in [-0.39, 0.29) is 0 Å². The molecule has 3 saturated carbocycles. The maximum atomic E-state index is 4.57. The van der Waals surface area contributed by atoms with Gasteiger partial charge in [-0.3, -0.25) is 4.99 Å². The Hall–Kier alpha value is -0.730. The lowest BCUT2D eigenvalue weighted by molar-refractivity contribution is 0.299. The molecule has 3 aliphatic carbocycles. The van der Waals surface area contributed by atoms with Crippen molar-refractivity contribution < 1.29 is 0 Å². The van der Waals surface area contributed by atoms with E-state index in [2.05, 4.69) is 15.2 Å². The summed E-state index contributed by atoms with van der Waals surface area (Å²) >= 11 is 0. The molecule has 112 valence electrons. The van der Waals surface area contributed by atoms with Crippen molar-refractivity contribution in [1.29, 1.82) is 0 Å². The number of aliphatic imine (C=N–C) groups is 1. The van der Waals surface area contributed by atoms with Crippen LogP contribution in [0, 0.1) is 23.2 Å². The largest absolute Gasteiger partial charge is 0.356 e. The fourth-order valence-corrected chi connectivity index (χ4v) is 4.75. The van der Waals surface area contributed by atoms with Crippen LogP contribution in [-0.2, 0) is 0 Å². The summed E-state index contributed by atoms with van der Waals surface area (Å²) in [5, 5.41) is 3.72. The molecule has 1 heterocycles. The number of nitrogens with zero attached hydrogens (tertiary/aromatic N) is 2. The van der Waals surface area contributed by atoms with Crippen molar-refractivity contribution in [2.24, 2.45) is 28.2 Å². The summed E-state index contributed by atoms with van der Waals surface area (Å²) in [6, 6.07) is 0. The van der Waals surface area contributed by atoms with Gasteiger partial charge in [-0.1, -0.05) is 12.8 Å². The van der Waals surface area contributed by atoms with E-state index in [4.69, 9.17) is 0 Å². The average molecular weight is 275 g/mol.